The molecule has 5 rings (SSSR count). The minimum atomic E-state index is -4.75. The number of rotatable bonds is 6. The first-order valence-corrected chi connectivity index (χ1v) is 14.6. The summed E-state index contributed by atoms with van der Waals surface area (Å²) >= 11 is 3.53. The molecule has 3 nitrogen and oxygen atoms in total. The van der Waals surface area contributed by atoms with E-state index in [0.29, 0.717) is 31.5 Å². The molecule has 9 heteroatoms. The van der Waals surface area contributed by atoms with E-state index >= 15 is 0 Å². The van der Waals surface area contributed by atoms with E-state index in [9.17, 15) is 26.7 Å². The molecule has 41 heavy (non-hydrogen) atoms. The maximum Gasteiger partial charge on any atom is 0.573 e. The minimum Gasteiger partial charge on any atom is -0.406 e. The standard InChI is InChI=1S/C32H31BrF5NO2/c1-20(22-5-11-28(34)29(35)19-22)39-16-14-31(15-17-39)13-12-23-18-24(33)6-9-26(23)30(40)27(31)10-4-21-2-7-25(8-3-21)41-32(36,37)38/h2-3,5-9,11,18-20,27H,4,10,12-17H2,1H3. The van der Waals surface area contributed by atoms with E-state index in [2.05, 4.69) is 25.6 Å². The first-order valence-electron chi connectivity index (χ1n) is 13.8. The van der Waals surface area contributed by atoms with Crippen LogP contribution in [0.25, 0.3) is 0 Å². The summed E-state index contributed by atoms with van der Waals surface area (Å²) in [6, 6.07) is 15.6. The SMILES string of the molecule is CC(c1ccc(F)c(F)c1)N1CCC2(CCc3cc(Br)ccc3C(=O)C2CCc2ccc(OC(F)(F)F)cc2)CC1. The molecule has 1 fully saturated rings. The highest BCUT2D eigenvalue weighted by atomic mass is 79.9. The van der Waals surface area contributed by atoms with Gasteiger partial charge in [0.25, 0.3) is 0 Å². The number of Topliss-reactive ketones (excluding diaryl/α,β-unsaturated/α-hetero) is 1. The normalized spacial score (nSPS) is 20.0. The minimum absolute atomic E-state index is 0.104. The molecule has 2 aliphatic rings. The molecule has 218 valence electrons. The van der Waals surface area contributed by atoms with E-state index in [1.165, 1.54) is 18.2 Å². The Morgan fingerprint density at radius 1 is 0.976 bits per heavy atom. The van der Waals surface area contributed by atoms with Crippen LogP contribution in [0.5, 0.6) is 5.75 Å². The molecule has 0 bridgehead atoms. The van der Waals surface area contributed by atoms with Crippen LogP contribution in [0.15, 0.2) is 65.1 Å². The van der Waals surface area contributed by atoms with Gasteiger partial charge in [-0.15, -0.1) is 13.2 Å². The Bertz CT molecular complexity index is 1400. The fourth-order valence-electron chi connectivity index (χ4n) is 6.58. The fraction of sp³-hybridized carbons (Fsp3) is 0.406. The molecule has 2 atom stereocenters. The summed E-state index contributed by atoms with van der Waals surface area (Å²) in [5, 5.41) is 0. The number of likely N-dealkylation sites (tertiary alicyclic amines) is 1. The van der Waals surface area contributed by atoms with Crippen LogP contribution in [0.2, 0.25) is 0 Å². The Kier molecular flexibility index (Phi) is 8.58. The van der Waals surface area contributed by atoms with Crippen LogP contribution < -0.4 is 4.74 Å². The van der Waals surface area contributed by atoms with Crippen molar-refractivity contribution in [3.63, 3.8) is 0 Å². The molecule has 0 radical (unpaired) electrons. The van der Waals surface area contributed by atoms with Gasteiger partial charge in [-0.25, -0.2) is 8.78 Å². The van der Waals surface area contributed by atoms with E-state index in [1.54, 1.807) is 18.2 Å². The van der Waals surface area contributed by atoms with Gasteiger partial charge < -0.3 is 4.74 Å². The van der Waals surface area contributed by atoms with Crippen LogP contribution in [0.3, 0.4) is 0 Å². The molecule has 0 aromatic heterocycles. The van der Waals surface area contributed by atoms with Crippen LogP contribution in [0.4, 0.5) is 22.0 Å². The number of fused-ring (bicyclic) bond motifs is 1. The summed E-state index contributed by atoms with van der Waals surface area (Å²) in [5.74, 6) is -2.14. The second-order valence-corrected chi connectivity index (χ2v) is 12.1. The molecule has 1 aliphatic carbocycles. The topological polar surface area (TPSA) is 29.5 Å². The third-order valence-electron chi connectivity index (χ3n) is 8.93. The highest BCUT2D eigenvalue weighted by molar-refractivity contribution is 9.10. The van der Waals surface area contributed by atoms with E-state index in [4.69, 9.17) is 0 Å². The molecule has 0 amide bonds. The zero-order valence-corrected chi connectivity index (χ0v) is 24.2. The summed E-state index contributed by atoms with van der Waals surface area (Å²) in [6.07, 6.45) is -0.439. The predicted octanol–water partition coefficient (Wildman–Crippen LogP) is 8.85. The molecule has 1 aliphatic heterocycles. The molecular weight excluding hydrogens is 605 g/mol. The summed E-state index contributed by atoms with van der Waals surface area (Å²) in [7, 11) is 0. The summed E-state index contributed by atoms with van der Waals surface area (Å²) < 4.78 is 70.1. The van der Waals surface area contributed by atoms with Crippen LogP contribution in [0, 0.1) is 23.0 Å². The third kappa shape index (κ3) is 6.67. The largest absolute Gasteiger partial charge is 0.573 e. The van der Waals surface area contributed by atoms with Crippen molar-refractivity contribution in [1.82, 2.24) is 4.90 Å². The molecule has 3 aromatic rings. The Labute approximate surface area is 244 Å². The van der Waals surface area contributed by atoms with Crippen LogP contribution in [0.1, 0.15) is 65.7 Å². The fourth-order valence-corrected chi connectivity index (χ4v) is 6.99. The Morgan fingerprint density at radius 3 is 2.34 bits per heavy atom. The zero-order chi connectivity index (χ0) is 29.4. The van der Waals surface area contributed by atoms with Crippen molar-refractivity contribution in [1.29, 1.82) is 0 Å². The molecule has 0 N–H and O–H groups in total. The number of benzene rings is 3. The lowest BCUT2D eigenvalue weighted by molar-refractivity contribution is -0.274. The number of aryl methyl sites for hydroxylation is 2. The van der Waals surface area contributed by atoms with Gasteiger partial charge in [0, 0.05) is 22.0 Å². The van der Waals surface area contributed by atoms with E-state index in [0.717, 1.165) is 52.9 Å². The molecule has 2 unspecified atom stereocenters. The lowest BCUT2D eigenvalue weighted by atomic mass is 9.63. The summed E-state index contributed by atoms with van der Waals surface area (Å²) in [4.78, 5) is 16.4. The Morgan fingerprint density at radius 2 is 1.68 bits per heavy atom. The highest BCUT2D eigenvalue weighted by Crippen LogP contribution is 2.49. The van der Waals surface area contributed by atoms with Crippen molar-refractivity contribution in [2.75, 3.05) is 13.1 Å². The van der Waals surface area contributed by atoms with Gasteiger partial charge in [-0.1, -0.05) is 40.2 Å². The smallest absolute Gasteiger partial charge is 0.406 e. The van der Waals surface area contributed by atoms with Crippen molar-refractivity contribution < 1.29 is 31.5 Å². The maximum atomic E-state index is 14.1. The van der Waals surface area contributed by atoms with Crippen LogP contribution in [-0.2, 0) is 12.8 Å². The molecule has 1 saturated heterocycles. The molecule has 1 heterocycles. The third-order valence-corrected chi connectivity index (χ3v) is 9.42. The van der Waals surface area contributed by atoms with E-state index in [1.807, 2.05) is 25.1 Å². The van der Waals surface area contributed by atoms with Gasteiger partial charge in [0.2, 0.25) is 0 Å². The van der Waals surface area contributed by atoms with Crippen molar-refractivity contribution >= 4 is 21.7 Å². The molecular formula is C32H31BrF5NO2. The highest BCUT2D eigenvalue weighted by Gasteiger charge is 2.47. The number of nitrogens with zero attached hydrogens (tertiary/aromatic N) is 1. The summed E-state index contributed by atoms with van der Waals surface area (Å²) in [5.41, 5.74) is 3.07. The van der Waals surface area contributed by atoms with E-state index < -0.39 is 18.0 Å². The van der Waals surface area contributed by atoms with Gasteiger partial charge >= 0.3 is 6.36 Å². The first kappa shape index (κ1) is 29.7. The van der Waals surface area contributed by atoms with Crippen LogP contribution in [-0.4, -0.2) is 30.1 Å². The molecule has 3 aromatic carbocycles. The first-order chi connectivity index (χ1) is 19.4. The average molecular weight is 636 g/mol. The average Bonchev–Trinajstić information content (AvgIpc) is 3.03. The van der Waals surface area contributed by atoms with Gasteiger partial charge in [-0.05, 0) is 117 Å². The molecule has 1 spiro atoms. The lowest BCUT2D eigenvalue weighted by Crippen LogP contribution is -2.46. The number of hydrogen-bond donors (Lipinski definition) is 0. The monoisotopic (exact) mass is 635 g/mol. The van der Waals surface area contributed by atoms with Crippen molar-refractivity contribution in [2.24, 2.45) is 11.3 Å². The van der Waals surface area contributed by atoms with Gasteiger partial charge in [0.1, 0.15) is 5.75 Å². The molecule has 0 saturated carbocycles. The predicted molar refractivity (Wildman–Crippen MR) is 150 cm³/mol. The number of carbonyl (C=O) groups is 1. The van der Waals surface area contributed by atoms with Crippen molar-refractivity contribution in [3.05, 3.63) is 99.0 Å². The zero-order valence-electron chi connectivity index (χ0n) is 22.6. The number of piperidine rings is 1. The number of ether oxygens (including phenoxy) is 1. The Hall–Kier alpha value is -2.78. The quantitative estimate of drug-likeness (QED) is 0.253. The van der Waals surface area contributed by atoms with Gasteiger partial charge in [-0.3, -0.25) is 9.69 Å². The maximum absolute atomic E-state index is 14.1. The second kappa shape index (κ2) is 11.8. The van der Waals surface area contributed by atoms with Gasteiger partial charge in [0.05, 0.1) is 0 Å². The number of carbonyl (C=O) groups excluding carboxylic acids is 1. The van der Waals surface area contributed by atoms with E-state index in [-0.39, 0.29) is 28.9 Å². The van der Waals surface area contributed by atoms with Gasteiger partial charge in [-0.2, -0.15) is 0 Å². The van der Waals surface area contributed by atoms with Crippen molar-refractivity contribution in [2.45, 2.75) is 57.9 Å². The van der Waals surface area contributed by atoms with Crippen LogP contribution >= 0.6 is 15.9 Å². The van der Waals surface area contributed by atoms with Crippen molar-refractivity contribution in [3.8, 4) is 5.75 Å². The van der Waals surface area contributed by atoms with Gasteiger partial charge in [0.15, 0.2) is 17.4 Å². The lowest BCUT2D eigenvalue weighted by Gasteiger charge is -2.47. The number of ketones is 1. The number of alkyl halides is 3. The number of halogens is 6. The summed E-state index contributed by atoms with van der Waals surface area (Å²) in [6.45, 7) is 3.42. The second-order valence-electron chi connectivity index (χ2n) is 11.2. The Balaban J connectivity index is 1.36. The number of hydrogen-bond acceptors (Lipinski definition) is 3.